The van der Waals surface area contributed by atoms with Gasteiger partial charge in [-0.3, -0.25) is 9.59 Å². The van der Waals surface area contributed by atoms with Crippen LogP contribution in [-0.2, 0) is 19.1 Å². The van der Waals surface area contributed by atoms with Gasteiger partial charge >= 0.3 is 11.9 Å². The van der Waals surface area contributed by atoms with E-state index in [-0.39, 0.29) is 25.9 Å². The van der Waals surface area contributed by atoms with Crippen molar-refractivity contribution >= 4 is 11.9 Å². The standard InChI is InChI=1S/C23H38O8/c1-14(24)31-12-15(6-7-17(25)21(2,3)28)16-8-10-22(4)13-23(29,11-9-18(22)26)19(16)20(27)30-5/h6,16-19,25-26,28-29H,7-13H2,1-5H3/b15-6-/t16-,17?,18+,19+,22+,23-/m1/s1. The van der Waals surface area contributed by atoms with E-state index in [1.165, 1.54) is 27.9 Å². The van der Waals surface area contributed by atoms with Crippen LogP contribution < -0.4 is 0 Å². The van der Waals surface area contributed by atoms with Crippen molar-refractivity contribution < 1.29 is 39.5 Å². The summed E-state index contributed by atoms with van der Waals surface area (Å²) in [4.78, 5) is 24.4. The van der Waals surface area contributed by atoms with Gasteiger partial charge in [0.2, 0.25) is 0 Å². The second kappa shape index (κ2) is 9.57. The fourth-order valence-electron chi connectivity index (χ4n) is 5.15. The normalized spacial score (nSPS) is 35.1. The number of aliphatic hydroxyl groups is 4. The predicted molar refractivity (Wildman–Crippen MR) is 113 cm³/mol. The Morgan fingerprint density at radius 2 is 1.90 bits per heavy atom. The lowest BCUT2D eigenvalue weighted by Gasteiger charge is -2.47. The van der Waals surface area contributed by atoms with Crippen LogP contribution in [0.1, 0.15) is 66.2 Å². The second-order valence-electron chi connectivity index (χ2n) is 10.1. The number of fused-ring (bicyclic) bond motifs is 2. The molecule has 31 heavy (non-hydrogen) atoms. The van der Waals surface area contributed by atoms with Crippen molar-refractivity contribution in [3.8, 4) is 0 Å². The highest BCUT2D eigenvalue weighted by atomic mass is 16.5. The highest BCUT2D eigenvalue weighted by Crippen LogP contribution is 2.54. The lowest BCUT2D eigenvalue weighted by molar-refractivity contribution is -0.170. The van der Waals surface area contributed by atoms with Gasteiger partial charge in [0.25, 0.3) is 0 Å². The van der Waals surface area contributed by atoms with E-state index in [9.17, 15) is 30.0 Å². The molecule has 0 radical (unpaired) electrons. The molecule has 2 aliphatic rings. The van der Waals surface area contributed by atoms with Crippen molar-refractivity contribution in [2.75, 3.05) is 13.7 Å². The molecular formula is C23H38O8. The van der Waals surface area contributed by atoms with E-state index in [2.05, 4.69) is 0 Å². The summed E-state index contributed by atoms with van der Waals surface area (Å²) in [5.74, 6) is -2.44. The molecule has 2 saturated carbocycles. The molecule has 2 fully saturated rings. The summed E-state index contributed by atoms with van der Waals surface area (Å²) in [5, 5.41) is 42.5. The lowest BCUT2D eigenvalue weighted by atomic mass is 9.63. The number of ether oxygens (including phenoxy) is 2. The maximum atomic E-state index is 12.9. The van der Waals surface area contributed by atoms with Gasteiger partial charge in [-0.2, -0.15) is 0 Å². The zero-order valence-corrected chi connectivity index (χ0v) is 19.3. The topological polar surface area (TPSA) is 134 Å². The van der Waals surface area contributed by atoms with E-state index in [0.717, 1.165) is 0 Å². The summed E-state index contributed by atoms with van der Waals surface area (Å²) in [5.41, 5.74) is -2.66. The summed E-state index contributed by atoms with van der Waals surface area (Å²) in [7, 11) is 1.28. The average molecular weight is 443 g/mol. The van der Waals surface area contributed by atoms with E-state index < -0.39 is 52.6 Å². The first-order valence-corrected chi connectivity index (χ1v) is 10.9. The van der Waals surface area contributed by atoms with Gasteiger partial charge in [-0.15, -0.1) is 0 Å². The van der Waals surface area contributed by atoms with Crippen molar-refractivity contribution in [2.24, 2.45) is 17.3 Å². The molecule has 0 spiro atoms. The Hall–Kier alpha value is -1.48. The number of aliphatic hydroxyl groups excluding tert-OH is 2. The number of hydrogen-bond donors (Lipinski definition) is 4. The Kier molecular flexibility index (Phi) is 7.95. The van der Waals surface area contributed by atoms with Crippen molar-refractivity contribution in [1.29, 1.82) is 0 Å². The minimum absolute atomic E-state index is 0.0861. The van der Waals surface area contributed by atoms with Gasteiger partial charge < -0.3 is 29.9 Å². The molecule has 6 atom stereocenters. The number of hydrogen-bond acceptors (Lipinski definition) is 8. The molecule has 0 saturated heterocycles. The number of carbonyl (C=O) groups excluding carboxylic acids is 2. The molecule has 0 aliphatic heterocycles. The van der Waals surface area contributed by atoms with Crippen LogP contribution in [0.2, 0.25) is 0 Å². The van der Waals surface area contributed by atoms with Crippen LogP contribution in [0, 0.1) is 17.3 Å². The third-order valence-electron chi connectivity index (χ3n) is 7.17. The summed E-state index contributed by atoms with van der Waals surface area (Å²) < 4.78 is 10.3. The second-order valence-corrected chi connectivity index (χ2v) is 10.1. The third kappa shape index (κ3) is 5.86. The number of carbonyl (C=O) groups is 2. The van der Waals surface area contributed by atoms with Gasteiger partial charge in [-0.05, 0) is 69.3 Å². The van der Waals surface area contributed by atoms with E-state index in [0.29, 0.717) is 24.8 Å². The molecule has 8 nitrogen and oxygen atoms in total. The van der Waals surface area contributed by atoms with E-state index in [1.54, 1.807) is 6.08 Å². The molecule has 0 amide bonds. The molecule has 4 N–H and O–H groups in total. The minimum Gasteiger partial charge on any atom is -0.469 e. The predicted octanol–water partition coefficient (Wildman–Crippen LogP) is 1.48. The Labute approximate surface area is 184 Å². The monoisotopic (exact) mass is 442 g/mol. The smallest absolute Gasteiger partial charge is 0.312 e. The third-order valence-corrected chi connectivity index (χ3v) is 7.17. The lowest BCUT2D eigenvalue weighted by Crippen LogP contribution is -2.53. The van der Waals surface area contributed by atoms with Crippen LogP contribution in [0.4, 0.5) is 0 Å². The van der Waals surface area contributed by atoms with Gasteiger partial charge in [0.1, 0.15) is 6.61 Å². The maximum Gasteiger partial charge on any atom is 0.312 e. The first-order valence-electron chi connectivity index (χ1n) is 10.9. The quantitative estimate of drug-likeness (QED) is 0.344. The number of methoxy groups -OCH3 is 1. The van der Waals surface area contributed by atoms with E-state index >= 15 is 0 Å². The Morgan fingerprint density at radius 3 is 2.45 bits per heavy atom. The fraction of sp³-hybridized carbons (Fsp3) is 0.826. The number of rotatable bonds is 7. The van der Waals surface area contributed by atoms with Crippen LogP contribution in [0.25, 0.3) is 0 Å². The van der Waals surface area contributed by atoms with Gasteiger partial charge in [-0.1, -0.05) is 13.0 Å². The molecule has 0 heterocycles. The molecular weight excluding hydrogens is 404 g/mol. The van der Waals surface area contributed by atoms with Crippen molar-refractivity contribution in [3.63, 3.8) is 0 Å². The van der Waals surface area contributed by atoms with Crippen LogP contribution in [-0.4, -0.2) is 69.5 Å². The van der Waals surface area contributed by atoms with Crippen LogP contribution in [0.5, 0.6) is 0 Å². The van der Waals surface area contributed by atoms with Crippen LogP contribution >= 0.6 is 0 Å². The highest BCUT2D eigenvalue weighted by Gasteiger charge is 2.57. The summed E-state index contributed by atoms with van der Waals surface area (Å²) in [6.07, 6.45) is 2.07. The van der Waals surface area contributed by atoms with Gasteiger partial charge in [0.05, 0.1) is 36.4 Å². The largest absolute Gasteiger partial charge is 0.469 e. The van der Waals surface area contributed by atoms with Crippen molar-refractivity contribution in [3.05, 3.63) is 11.6 Å². The average Bonchev–Trinajstić information content (AvgIpc) is 2.76. The first-order chi connectivity index (χ1) is 14.2. The molecule has 1 unspecified atom stereocenters. The van der Waals surface area contributed by atoms with Crippen LogP contribution in [0.15, 0.2) is 11.6 Å². The summed E-state index contributed by atoms with van der Waals surface area (Å²) in [6, 6.07) is 0. The highest BCUT2D eigenvalue weighted by molar-refractivity contribution is 5.75. The molecule has 0 aromatic heterocycles. The first kappa shape index (κ1) is 25.8. The zero-order valence-electron chi connectivity index (χ0n) is 19.3. The van der Waals surface area contributed by atoms with Gasteiger partial charge in [0.15, 0.2) is 0 Å². The van der Waals surface area contributed by atoms with Crippen molar-refractivity contribution in [1.82, 2.24) is 0 Å². The SMILES string of the molecule is COC(=O)[C@@H]1[C@@H](/C(=C\CC(O)C(C)(C)O)COC(C)=O)CC[C@@]2(C)C[C@]1(O)CC[C@@H]2O. The Balaban J connectivity index is 2.49. The molecule has 0 aromatic rings. The minimum atomic E-state index is -1.37. The Morgan fingerprint density at radius 1 is 1.26 bits per heavy atom. The van der Waals surface area contributed by atoms with E-state index in [4.69, 9.17) is 9.47 Å². The molecule has 2 rings (SSSR count). The molecule has 178 valence electrons. The molecule has 8 heteroatoms. The van der Waals surface area contributed by atoms with Gasteiger partial charge in [0, 0.05) is 6.92 Å². The summed E-state index contributed by atoms with van der Waals surface area (Å²) in [6.45, 7) is 6.10. The molecule has 0 aromatic carbocycles. The van der Waals surface area contributed by atoms with Gasteiger partial charge in [-0.25, -0.2) is 0 Å². The summed E-state index contributed by atoms with van der Waals surface area (Å²) >= 11 is 0. The molecule has 2 bridgehead atoms. The van der Waals surface area contributed by atoms with Crippen molar-refractivity contribution in [2.45, 2.75) is 89.6 Å². The van der Waals surface area contributed by atoms with E-state index in [1.807, 2.05) is 6.92 Å². The zero-order chi connectivity index (χ0) is 23.6. The Bertz CT molecular complexity index is 696. The molecule has 2 aliphatic carbocycles. The fourth-order valence-corrected chi connectivity index (χ4v) is 5.15. The maximum absolute atomic E-state index is 12.9. The van der Waals surface area contributed by atoms with Crippen LogP contribution in [0.3, 0.4) is 0 Å². The number of esters is 2.